The van der Waals surface area contributed by atoms with Gasteiger partial charge in [0.1, 0.15) is 23.1 Å². The van der Waals surface area contributed by atoms with Gasteiger partial charge in [-0.15, -0.1) is 4.40 Å². The van der Waals surface area contributed by atoms with Gasteiger partial charge in [0.15, 0.2) is 0 Å². The summed E-state index contributed by atoms with van der Waals surface area (Å²) < 4.78 is 33.4. The number of carbonyl (C=O) groups is 1. The van der Waals surface area contributed by atoms with E-state index in [0.29, 0.717) is 29.2 Å². The van der Waals surface area contributed by atoms with E-state index in [4.69, 9.17) is 10.5 Å². The lowest BCUT2D eigenvalue weighted by atomic mass is 9.98. The maximum absolute atomic E-state index is 11.9. The zero-order valence-corrected chi connectivity index (χ0v) is 18.1. The highest BCUT2D eigenvalue weighted by Crippen LogP contribution is 2.29. The zero-order chi connectivity index (χ0) is 22.0. The van der Waals surface area contributed by atoms with Crippen molar-refractivity contribution in [1.29, 1.82) is 0 Å². The molecule has 0 saturated carbocycles. The van der Waals surface area contributed by atoms with Gasteiger partial charge >= 0.3 is 0 Å². The van der Waals surface area contributed by atoms with Gasteiger partial charge in [0.05, 0.1) is 17.9 Å². The topological polar surface area (TPSA) is 127 Å². The van der Waals surface area contributed by atoms with Crippen LogP contribution in [0.2, 0.25) is 0 Å². The van der Waals surface area contributed by atoms with Gasteiger partial charge in [-0.3, -0.25) is 4.79 Å². The van der Waals surface area contributed by atoms with Crippen LogP contribution < -0.4 is 20.7 Å². The number of nitrogens with two attached hydrogens (primary N) is 1. The molecule has 1 atom stereocenters. The predicted octanol–water partition coefficient (Wildman–Crippen LogP) is 1.29. The van der Waals surface area contributed by atoms with Crippen molar-refractivity contribution in [3.05, 3.63) is 53.2 Å². The van der Waals surface area contributed by atoms with Crippen molar-refractivity contribution in [3.8, 4) is 5.75 Å². The van der Waals surface area contributed by atoms with Crippen molar-refractivity contribution in [3.63, 3.8) is 0 Å². The SMILES string of the molecule is CNC(=O)c1cccc(N2CCC[C@H](COc3cccc4c3C(N)=NS(=O)(=O)C4)C2)n1. The van der Waals surface area contributed by atoms with E-state index in [9.17, 15) is 13.2 Å². The summed E-state index contributed by atoms with van der Waals surface area (Å²) in [7, 11) is -2.00. The minimum absolute atomic E-state index is 0.0302. The first-order valence-electron chi connectivity index (χ1n) is 10.1. The van der Waals surface area contributed by atoms with Crippen LogP contribution in [0.1, 0.15) is 34.5 Å². The molecule has 164 valence electrons. The molecule has 2 aromatic rings. The molecule has 4 rings (SSSR count). The number of piperidine rings is 1. The third-order valence-corrected chi connectivity index (χ3v) is 6.61. The number of rotatable bonds is 5. The molecule has 1 amide bonds. The van der Waals surface area contributed by atoms with Gasteiger partial charge in [-0.25, -0.2) is 13.4 Å². The average Bonchev–Trinajstić information content (AvgIpc) is 2.76. The van der Waals surface area contributed by atoms with Crippen molar-refractivity contribution in [2.45, 2.75) is 18.6 Å². The van der Waals surface area contributed by atoms with Crippen molar-refractivity contribution in [2.75, 3.05) is 31.6 Å². The number of nitrogens with one attached hydrogen (secondary N) is 1. The molecule has 0 radical (unpaired) electrons. The molecule has 1 fully saturated rings. The lowest BCUT2D eigenvalue weighted by Crippen LogP contribution is -2.38. The lowest BCUT2D eigenvalue weighted by molar-refractivity contribution is 0.0958. The number of pyridine rings is 1. The maximum Gasteiger partial charge on any atom is 0.269 e. The highest BCUT2D eigenvalue weighted by molar-refractivity contribution is 7.89. The Morgan fingerprint density at radius 3 is 2.90 bits per heavy atom. The Morgan fingerprint density at radius 1 is 1.29 bits per heavy atom. The van der Waals surface area contributed by atoms with Gasteiger partial charge in [0.25, 0.3) is 15.9 Å². The van der Waals surface area contributed by atoms with Crippen LogP contribution in [0.4, 0.5) is 5.82 Å². The molecule has 1 aromatic heterocycles. The van der Waals surface area contributed by atoms with Crippen molar-refractivity contribution in [2.24, 2.45) is 16.0 Å². The molecule has 0 spiro atoms. The molecule has 10 heteroatoms. The fourth-order valence-electron chi connectivity index (χ4n) is 4.00. The second-order valence-electron chi connectivity index (χ2n) is 7.72. The molecule has 2 aliphatic heterocycles. The summed E-state index contributed by atoms with van der Waals surface area (Å²) in [6.45, 7) is 2.07. The van der Waals surface area contributed by atoms with Crippen LogP contribution in [0.3, 0.4) is 0 Å². The summed E-state index contributed by atoms with van der Waals surface area (Å²) in [6.07, 6.45) is 1.98. The number of fused-ring (bicyclic) bond motifs is 1. The molecule has 1 saturated heterocycles. The summed E-state index contributed by atoms with van der Waals surface area (Å²) in [4.78, 5) is 18.5. The van der Waals surface area contributed by atoms with E-state index >= 15 is 0 Å². The Balaban J connectivity index is 1.46. The van der Waals surface area contributed by atoms with E-state index in [0.717, 1.165) is 31.7 Å². The lowest BCUT2D eigenvalue weighted by Gasteiger charge is -2.33. The van der Waals surface area contributed by atoms with Crippen LogP contribution in [0.15, 0.2) is 40.8 Å². The van der Waals surface area contributed by atoms with Crippen LogP contribution in [0.25, 0.3) is 0 Å². The molecule has 3 heterocycles. The number of anilines is 1. The number of benzene rings is 1. The number of carbonyl (C=O) groups excluding carboxylic acids is 1. The van der Waals surface area contributed by atoms with Gasteiger partial charge in [-0.1, -0.05) is 18.2 Å². The van der Waals surface area contributed by atoms with Gasteiger partial charge in [0, 0.05) is 26.1 Å². The highest BCUT2D eigenvalue weighted by atomic mass is 32.2. The second kappa shape index (κ2) is 8.54. The van der Waals surface area contributed by atoms with Gasteiger partial charge in [-0.2, -0.15) is 0 Å². The fraction of sp³-hybridized carbons (Fsp3) is 0.381. The Kier molecular flexibility index (Phi) is 5.81. The summed E-state index contributed by atoms with van der Waals surface area (Å²) in [6, 6.07) is 10.7. The third-order valence-electron chi connectivity index (χ3n) is 5.46. The first kappa shape index (κ1) is 21.1. The quantitative estimate of drug-likeness (QED) is 0.713. The summed E-state index contributed by atoms with van der Waals surface area (Å²) in [5.41, 5.74) is 7.47. The van der Waals surface area contributed by atoms with Gasteiger partial charge < -0.3 is 20.7 Å². The molecule has 2 aliphatic rings. The number of sulfonamides is 1. The largest absolute Gasteiger partial charge is 0.492 e. The van der Waals surface area contributed by atoms with Gasteiger partial charge in [0.2, 0.25) is 0 Å². The molecule has 9 nitrogen and oxygen atoms in total. The molecule has 0 aliphatic carbocycles. The first-order valence-corrected chi connectivity index (χ1v) is 11.7. The smallest absolute Gasteiger partial charge is 0.269 e. The van der Waals surface area contributed by atoms with Crippen molar-refractivity contribution < 1.29 is 17.9 Å². The average molecular weight is 444 g/mol. The number of nitrogens with zero attached hydrogens (tertiary/aromatic N) is 3. The Hall–Kier alpha value is -3.14. The van der Waals surface area contributed by atoms with E-state index in [-0.39, 0.29) is 23.4 Å². The summed E-state index contributed by atoms with van der Waals surface area (Å²) in [5, 5.41) is 2.59. The summed E-state index contributed by atoms with van der Waals surface area (Å²) in [5.74, 6) is 1.15. The minimum Gasteiger partial charge on any atom is -0.492 e. The van der Waals surface area contributed by atoms with Crippen molar-refractivity contribution >= 4 is 27.6 Å². The standard InChI is InChI=1S/C21H25N5O4S/c1-23-21(27)16-7-3-9-18(24-16)26-10-4-5-14(11-26)12-30-17-8-2-6-15-13-31(28,29)25-20(22)19(15)17/h2-3,6-9,14H,4-5,10-13H2,1H3,(H2,22,25)(H,23,27)/t14-/m0/s1. The van der Waals surface area contributed by atoms with Crippen molar-refractivity contribution in [1.82, 2.24) is 10.3 Å². The Bertz CT molecular complexity index is 1130. The third kappa shape index (κ3) is 4.63. The normalized spacial score (nSPS) is 19.8. The van der Waals surface area contributed by atoms with Crippen LogP contribution in [-0.2, 0) is 15.8 Å². The van der Waals surface area contributed by atoms with Crippen LogP contribution in [0.5, 0.6) is 5.75 Å². The number of hydrogen-bond acceptors (Lipinski definition) is 7. The fourth-order valence-corrected chi connectivity index (χ4v) is 5.09. The molecular weight excluding hydrogens is 418 g/mol. The molecular formula is C21H25N5O4S. The first-order chi connectivity index (χ1) is 14.9. The molecule has 3 N–H and O–H groups in total. The predicted molar refractivity (Wildman–Crippen MR) is 118 cm³/mol. The maximum atomic E-state index is 11.9. The number of aromatic nitrogens is 1. The number of amides is 1. The molecule has 31 heavy (non-hydrogen) atoms. The monoisotopic (exact) mass is 443 g/mol. The molecule has 1 aromatic carbocycles. The van der Waals surface area contributed by atoms with E-state index < -0.39 is 10.0 Å². The highest BCUT2D eigenvalue weighted by Gasteiger charge is 2.27. The van der Waals surface area contributed by atoms with Crippen LogP contribution >= 0.6 is 0 Å². The van der Waals surface area contributed by atoms with Crippen LogP contribution in [-0.4, -0.2) is 51.9 Å². The van der Waals surface area contributed by atoms with Gasteiger partial charge in [-0.05, 0) is 36.6 Å². The van der Waals surface area contributed by atoms with E-state index in [1.54, 1.807) is 31.3 Å². The summed E-state index contributed by atoms with van der Waals surface area (Å²) >= 11 is 0. The Labute approximate surface area is 181 Å². The molecule has 0 unspecified atom stereocenters. The molecule has 0 bridgehead atoms. The number of ether oxygens (including phenoxy) is 1. The van der Waals surface area contributed by atoms with E-state index in [1.165, 1.54) is 0 Å². The Morgan fingerprint density at radius 2 is 2.10 bits per heavy atom. The van der Waals surface area contributed by atoms with E-state index in [1.807, 2.05) is 12.1 Å². The zero-order valence-electron chi connectivity index (χ0n) is 17.2. The van der Waals surface area contributed by atoms with Crippen LogP contribution in [0, 0.1) is 5.92 Å². The minimum atomic E-state index is -3.58. The number of hydrogen-bond donors (Lipinski definition) is 2. The van der Waals surface area contributed by atoms with E-state index in [2.05, 4.69) is 19.6 Å². The second-order valence-corrected chi connectivity index (χ2v) is 9.35. The number of amidine groups is 1.